The van der Waals surface area contributed by atoms with Gasteiger partial charge in [0.2, 0.25) is 5.91 Å². The number of rotatable bonds is 8. The molecule has 5 nitrogen and oxygen atoms in total. The van der Waals surface area contributed by atoms with Gasteiger partial charge in [-0.1, -0.05) is 42.8 Å². The van der Waals surface area contributed by atoms with Crippen molar-refractivity contribution in [3.05, 3.63) is 58.6 Å². The highest BCUT2D eigenvalue weighted by atomic mass is 35.5. The first kappa shape index (κ1) is 20.8. The number of carbonyl (C=O) groups is 2. The van der Waals surface area contributed by atoms with Crippen LogP contribution in [-0.2, 0) is 9.59 Å². The summed E-state index contributed by atoms with van der Waals surface area (Å²) in [5.41, 5.74) is 2.70. The summed E-state index contributed by atoms with van der Waals surface area (Å²) in [7, 11) is 0. The molecule has 2 aromatic rings. The Labute approximate surface area is 165 Å². The minimum Gasteiger partial charge on any atom is -0.482 e. The smallest absolute Gasteiger partial charge is 0.260 e. The van der Waals surface area contributed by atoms with Gasteiger partial charge in [-0.05, 0) is 49.6 Å². The van der Waals surface area contributed by atoms with Crippen LogP contribution >= 0.6 is 11.6 Å². The molecule has 0 saturated heterocycles. The van der Waals surface area contributed by atoms with Gasteiger partial charge in [-0.15, -0.1) is 0 Å². The van der Waals surface area contributed by atoms with Crippen molar-refractivity contribution < 1.29 is 14.3 Å². The molecule has 0 spiro atoms. The van der Waals surface area contributed by atoms with E-state index in [2.05, 4.69) is 5.32 Å². The average Bonchev–Trinajstić information content (AvgIpc) is 2.63. The number of halogens is 1. The third-order valence-corrected chi connectivity index (χ3v) is 4.35. The maximum atomic E-state index is 12.5. The van der Waals surface area contributed by atoms with Crippen LogP contribution < -0.4 is 10.1 Å². The summed E-state index contributed by atoms with van der Waals surface area (Å²) < 4.78 is 5.57. The molecule has 0 heterocycles. The first-order valence-corrected chi connectivity index (χ1v) is 9.30. The molecule has 27 heavy (non-hydrogen) atoms. The maximum Gasteiger partial charge on any atom is 0.260 e. The number of amides is 2. The highest BCUT2D eigenvalue weighted by Gasteiger charge is 2.18. The lowest BCUT2D eigenvalue weighted by atomic mass is 10.2. The highest BCUT2D eigenvalue weighted by molar-refractivity contribution is 6.32. The van der Waals surface area contributed by atoms with Crippen LogP contribution in [0.1, 0.15) is 24.5 Å². The van der Waals surface area contributed by atoms with Crippen molar-refractivity contribution in [3.63, 3.8) is 0 Å². The predicted octanol–water partition coefficient (Wildman–Crippen LogP) is 4.21. The Balaban J connectivity index is 1.96. The number of hydrogen-bond donors (Lipinski definition) is 1. The van der Waals surface area contributed by atoms with Gasteiger partial charge in [0.25, 0.3) is 5.91 Å². The molecule has 0 atom stereocenters. The number of hydrogen-bond acceptors (Lipinski definition) is 3. The molecule has 0 aliphatic carbocycles. The zero-order valence-electron chi connectivity index (χ0n) is 15.9. The Morgan fingerprint density at radius 1 is 1.15 bits per heavy atom. The van der Waals surface area contributed by atoms with E-state index in [1.807, 2.05) is 51.1 Å². The van der Waals surface area contributed by atoms with Gasteiger partial charge in [-0.2, -0.15) is 0 Å². The van der Waals surface area contributed by atoms with Crippen molar-refractivity contribution in [1.29, 1.82) is 0 Å². The van der Waals surface area contributed by atoms with E-state index in [1.54, 1.807) is 12.1 Å². The average molecular weight is 389 g/mol. The van der Waals surface area contributed by atoms with Gasteiger partial charge in [0.05, 0.1) is 11.6 Å². The van der Waals surface area contributed by atoms with Crippen molar-refractivity contribution in [1.82, 2.24) is 4.90 Å². The van der Waals surface area contributed by atoms with Gasteiger partial charge in [-0.3, -0.25) is 9.59 Å². The van der Waals surface area contributed by atoms with Crippen LogP contribution in [0.25, 0.3) is 0 Å². The second kappa shape index (κ2) is 9.97. The van der Waals surface area contributed by atoms with E-state index in [4.69, 9.17) is 16.3 Å². The topological polar surface area (TPSA) is 58.6 Å². The van der Waals surface area contributed by atoms with Crippen LogP contribution in [0.4, 0.5) is 5.69 Å². The van der Waals surface area contributed by atoms with E-state index < -0.39 is 0 Å². The fourth-order valence-corrected chi connectivity index (χ4v) is 2.76. The summed E-state index contributed by atoms with van der Waals surface area (Å²) in [6, 6.07) is 12.9. The molecule has 0 saturated carbocycles. The van der Waals surface area contributed by atoms with Crippen LogP contribution in [0.2, 0.25) is 5.02 Å². The van der Waals surface area contributed by atoms with Crippen LogP contribution in [0.5, 0.6) is 5.75 Å². The summed E-state index contributed by atoms with van der Waals surface area (Å²) in [4.78, 5) is 26.4. The third-order valence-electron chi connectivity index (χ3n) is 4.04. The molecular weight excluding hydrogens is 364 g/mol. The lowest BCUT2D eigenvalue weighted by Crippen LogP contribution is -2.41. The van der Waals surface area contributed by atoms with Crippen LogP contribution in [0.3, 0.4) is 0 Å². The third kappa shape index (κ3) is 6.29. The number of nitrogens with zero attached hydrogens (tertiary/aromatic N) is 1. The molecule has 0 fully saturated rings. The first-order valence-electron chi connectivity index (χ1n) is 8.93. The summed E-state index contributed by atoms with van der Waals surface area (Å²) in [5, 5.41) is 3.30. The number of aryl methyl sites for hydroxylation is 2. The van der Waals surface area contributed by atoms with E-state index in [-0.39, 0.29) is 25.0 Å². The number of benzene rings is 2. The van der Waals surface area contributed by atoms with E-state index >= 15 is 0 Å². The zero-order valence-corrected chi connectivity index (χ0v) is 16.7. The normalized spacial score (nSPS) is 10.4. The maximum absolute atomic E-state index is 12.5. The lowest BCUT2D eigenvalue weighted by Gasteiger charge is -2.22. The number of anilines is 1. The second-order valence-corrected chi connectivity index (χ2v) is 6.81. The largest absolute Gasteiger partial charge is 0.482 e. The summed E-state index contributed by atoms with van der Waals surface area (Å²) in [5.74, 6) is -0.0279. The Morgan fingerprint density at radius 3 is 2.59 bits per heavy atom. The Bertz CT molecular complexity index is 808. The standard InChI is InChI=1S/C21H25ClN2O3/c1-4-11-24(13-20(25)23-18-8-6-5-7-16(18)3)21(26)14-27-19-12-15(2)9-10-17(19)22/h5-10,12H,4,11,13-14H2,1-3H3,(H,23,25). The van der Waals surface area contributed by atoms with Crippen molar-refractivity contribution in [2.24, 2.45) is 0 Å². The van der Waals surface area contributed by atoms with Gasteiger partial charge >= 0.3 is 0 Å². The molecule has 0 unspecified atom stereocenters. The number of para-hydroxylation sites is 1. The number of ether oxygens (including phenoxy) is 1. The fourth-order valence-electron chi connectivity index (χ4n) is 2.59. The van der Waals surface area contributed by atoms with E-state index in [0.29, 0.717) is 17.3 Å². The second-order valence-electron chi connectivity index (χ2n) is 6.40. The van der Waals surface area contributed by atoms with Gasteiger partial charge < -0.3 is 15.0 Å². The quantitative estimate of drug-likeness (QED) is 0.736. The van der Waals surface area contributed by atoms with Crippen molar-refractivity contribution in [3.8, 4) is 5.75 Å². The molecule has 0 aliphatic heterocycles. The number of carbonyl (C=O) groups excluding carboxylic acids is 2. The van der Waals surface area contributed by atoms with E-state index in [0.717, 1.165) is 23.2 Å². The molecule has 0 aromatic heterocycles. The highest BCUT2D eigenvalue weighted by Crippen LogP contribution is 2.25. The van der Waals surface area contributed by atoms with E-state index in [1.165, 1.54) is 4.90 Å². The van der Waals surface area contributed by atoms with Crippen LogP contribution in [0.15, 0.2) is 42.5 Å². The van der Waals surface area contributed by atoms with Crippen LogP contribution in [-0.4, -0.2) is 36.4 Å². The van der Waals surface area contributed by atoms with Crippen LogP contribution in [0, 0.1) is 13.8 Å². The zero-order chi connectivity index (χ0) is 19.8. The Kier molecular flexibility index (Phi) is 7.67. The molecule has 0 radical (unpaired) electrons. The molecule has 144 valence electrons. The molecule has 0 bridgehead atoms. The van der Waals surface area contributed by atoms with E-state index in [9.17, 15) is 9.59 Å². The summed E-state index contributed by atoms with van der Waals surface area (Å²) >= 11 is 6.10. The van der Waals surface area contributed by atoms with Crippen molar-refractivity contribution in [2.45, 2.75) is 27.2 Å². The van der Waals surface area contributed by atoms with Gasteiger partial charge in [0, 0.05) is 12.2 Å². The monoisotopic (exact) mass is 388 g/mol. The fraction of sp³-hybridized carbons (Fsp3) is 0.333. The predicted molar refractivity (Wildman–Crippen MR) is 108 cm³/mol. The Hall–Kier alpha value is -2.53. The lowest BCUT2D eigenvalue weighted by molar-refractivity contribution is -0.136. The SMILES string of the molecule is CCCN(CC(=O)Nc1ccccc1C)C(=O)COc1cc(C)ccc1Cl. The minimum atomic E-state index is -0.255. The first-order chi connectivity index (χ1) is 12.9. The molecule has 2 rings (SSSR count). The van der Waals surface area contributed by atoms with Crippen molar-refractivity contribution in [2.75, 3.05) is 25.0 Å². The molecule has 2 amide bonds. The van der Waals surface area contributed by atoms with Gasteiger partial charge in [0.15, 0.2) is 6.61 Å². The molecule has 2 aromatic carbocycles. The molecule has 1 N–H and O–H groups in total. The molecule has 0 aliphatic rings. The van der Waals surface area contributed by atoms with Gasteiger partial charge in [0.1, 0.15) is 5.75 Å². The summed E-state index contributed by atoms with van der Waals surface area (Å²) in [6.45, 7) is 6.09. The summed E-state index contributed by atoms with van der Waals surface area (Å²) in [6.07, 6.45) is 0.745. The Morgan fingerprint density at radius 2 is 1.89 bits per heavy atom. The minimum absolute atomic E-state index is 0.0219. The molecule has 6 heteroatoms. The van der Waals surface area contributed by atoms with Crippen molar-refractivity contribution >= 4 is 29.1 Å². The van der Waals surface area contributed by atoms with Gasteiger partial charge in [-0.25, -0.2) is 0 Å². The molecular formula is C21H25ClN2O3. The number of nitrogens with one attached hydrogen (secondary N) is 1.